The molecule has 0 aliphatic carbocycles. The molecule has 0 saturated carbocycles. The highest BCUT2D eigenvalue weighted by molar-refractivity contribution is 5.69. The van der Waals surface area contributed by atoms with Crippen molar-refractivity contribution in [2.75, 3.05) is 26.3 Å². The molecule has 1 aromatic carbocycles. The molecule has 2 heterocycles. The zero-order chi connectivity index (χ0) is 19.6. The van der Waals surface area contributed by atoms with Crippen LogP contribution in [0.15, 0.2) is 36.4 Å². The average Bonchev–Trinajstić information content (AvgIpc) is 2.75. The summed E-state index contributed by atoms with van der Waals surface area (Å²) < 4.78 is 11.8. The summed E-state index contributed by atoms with van der Waals surface area (Å²) in [5.41, 5.74) is 3.62. The normalized spacial score (nSPS) is 14.8. The van der Waals surface area contributed by atoms with E-state index in [1.807, 2.05) is 6.07 Å². The smallest absolute Gasteiger partial charge is 0.224 e. The molecule has 0 amide bonds. The summed E-state index contributed by atoms with van der Waals surface area (Å²) in [5, 5.41) is 3.44. The van der Waals surface area contributed by atoms with E-state index in [2.05, 4.69) is 54.5 Å². The number of rotatable bonds is 10. The summed E-state index contributed by atoms with van der Waals surface area (Å²) in [6.07, 6.45) is 6.71. The van der Waals surface area contributed by atoms with Crippen molar-refractivity contribution in [2.45, 2.75) is 58.3 Å². The molecule has 152 valence electrons. The molecule has 4 heteroatoms. The standard InChI is InChI=1S/C24H34N2O2/c1-3-5-17-27-23-12-11-22(24(26-23)28-18-6-4-2)21-9-7-19(8-10-21)20-13-15-25-16-14-20/h7-12,20,25H,3-6,13-18H2,1-2H3. The quantitative estimate of drug-likeness (QED) is 0.545. The summed E-state index contributed by atoms with van der Waals surface area (Å²) in [6.45, 7) is 7.94. The number of aromatic nitrogens is 1. The van der Waals surface area contributed by atoms with Gasteiger partial charge in [0.25, 0.3) is 0 Å². The van der Waals surface area contributed by atoms with Gasteiger partial charge in [0.15, 0.2) is 0 Å². The fourth-order valence-corrected chi connectivity index (χ4v) is 3.56. The molecule has 0 bridgehead atoms. The molecule has 1 aliphatic rings. The van der Waals surface area contributed by atoms with Crippen molar-refractivity contribution in [1.82, 2.24) is 10.3 Å². The largest absolute Gasteiger partial charge is 0.478 e. The lowest BCUT2D eigenvalue weighted by molar-refractivity contribution is 0.274. The van der Waals surface area contributed by atoms with Crippen molar-refractivity contribution in [1.29, 1.82) is 0 Å². The van der Waals surface area contributed by atoms with Gasteiger partial charge in [0, 0.05) is 11.6 Å². The molecule has 3 rings (SSSR count). The van der Waals surface area contributed by atoms with Gasteiger partial charge in [0.1, 0.15) is 0 Å². The first-order chi connectivity index (χ1) is 13.8. The van der Waals surface area contributed by atoms with E-state index in [0.717, 1.165) is 49.9 Å². The number of piperidine rings is 1. The number of hydrogen-bond acceptors (Lipinski definition) is 4. The van der Waals surface area contributed by atoms with E-state index in [4.69, 9.17) is 9.47 Å². The SMILES string of the molecule is CCCCOc1ccc(-c2ccc(C3CCNCC3)cc2)c(OCCCC)n1. The molecule has 0 unspecified atom stereocenters. The van der Waals surface area contributed by atoms with Crippen LogP contribution in [0.5, 0.6) is 11.8 Å². The molecule has 28 heavy (non-hydrogen) atoms. The molecule has 1 aromatic heterocycles. The summed E-state index contributed by atoms with van der Waals surface area (Å²) >= 11 is 0. The van der Waals surface area contributed by atoms with Crippen LogP contribution in [0.3, 0.4) is 0 Å². The summed E-state index contributed by atoms with van der Waals surface area (Å²) in [4.78, 5) is 4.65. The first kappa shape index (κ1) is 20.7. The Balaban J connectivity index is 1.77. The highest BCUT2D eigenvalue weighted by Gasteiger charge is 2.16. The molecule has 0 atom stereocenters. The number of unbranched alkanes of at least 4 members (excludes halogenated alkanes) is 2. The van der Waals surface area contributed by atoms with Gasteiger partial charge in [-0.25, -0.2) is 0 Å². The Labute approximate surface area is 169 Å². The number of pyridine rings is 1. The first-order valence-electron chi connectivity index (χ1n) is 10.9. The number of nitrogens with one attached hydrogen (secondary N) is 1. The molecular weight excluding hydrogens is 348 g/mol. The van der Waals surface area contributed by atoms with Gasteiger partial charge in [-0.15, -0.1) is 0 Å². The van der Waals surface area contributed by atoms with E-state index in [9.17, 15) is 0 Å². The highest BCUT2D eigenvalue weighted by atomic mass is 16.5. The molecule has 1 N–H and O–H groups in total. The molecule has 1 fully saturated rings. The lowest BCUT2D eigenvalue weighted by Gasteiger charge is -2.23. The fraction of sp³-hybridized carbons (Fsp3) is 0.542. The summed E-state index contributed by atoms with van der Waals surface area (Å²) in [6, 6.07) is 13.0. The third-order valence-electron chi connectivity index (χ3n) is 5.35. The molecule has 0 radical (unpaired) electrons. The van der Waals surface area contributed by atoms with Gasteiger partial charge in [-0.3, -0.25) is 0 Å². The van der Waals surface area contributed by atoms with Crippen LogP contribution in [0.25, 0.3) is 11.1 Å². The Morgan fingerprint density at radius 3 is 2.25 bits per heavy atom. The predicted molar refractivity (Wildman–Crippen MR) is 115 cm³/mol. The summed E-state index contributed by atoms with van der Waals surface area (Å²) in [5.74, 6) is 2.00. The van der Waals surface area contributed by atoms with Crippen LogP contribution in [-0.2, 0) is 0 Å². The lowest BCUT2D eigenvalue weighted by Crippen LogP contribution is -2.26. The second-order valence-corrected chi connectivity index (χ2v) is 7.55. The van der Waals surface area contributed by atoms with Crippen LogP contribution in [-0.4, -0.2) is 31.3 Å². The molecule has 0 spiro atoms. The highest BCUT2D eigenvalue weighted by Crippen LogP contribution is 2.33. The van der Waals surface area contributed by atoms with E-state index in [-0.39, 0.29) is 0 Å². The first-order valence-corrected chi connectivity index (χ1v) is 10.9. The van der Waals surface area contributed by atoms with Gasteiger partial charge in [0.05, 0.1) is 13.2 Å². The van der Waals surface area contributed by atoms with Gasteiger partial charge >= 0.3 is 0 Å². The van der Waals surface area contributed by atoms with Crippen molar-refractivity contribution in [3.8, 4) is 22.9 Å². The molecule has 2 aromatic rings. The monoisotopic (exact) mass is 382 g/mol. The molecule has 4 nitrogen and oxygen atoms in total. The Morgan fingerprint density at radius 1 is 0.893 bits per heavy atom. The molecular formula is C24H34N2O2. The average molecular weight is 383 g/mol. The second kappa shape index (κ2) is 11.1. The van der Waals surface area contributed by atoms with Gasteiger partial charge in [0.2, 0.25) is 11.8 Å². The zero-order valence-electron chi connectivity index (χ0n) is 17.4. The van der Waals surface area contributed by atoms with Gasteiger partial charge < -0.3 is 14.8 Å². The van der Waals surface area contributed by atoms with Gasteiger partial charge in [-0.05, 0) is 61.9 Å². The van der Waals surface area contributed by atoms with Crippen molar-refractivity contribution < 1.29 is 9.47 Å². The van der Waals surface area contributed by atoms with E-state index in [1.54, 1.807) is 0 Å². The van der Waals surface area contributed by atoms with Gasteiger partial charge in [-0.1, -0.05) is 51.0 Å². The number of ether oxygens (including phenoxy) is 2. The Kier molecular flexibility index (Phi) is 8.16. The lowest BCUT2D eigenvalue weighted by atomic mass is 9.89. The third-order valence-corrected chi connectivity index (χ3v) is 5.35. The van der Waals surface area contributed by atoms with Crippen LogP contribution in [0.2, 0.25) is 0 Å². The van der Waals surface area contributed by atoms with Gasteiger partial charge in [-0.2, -0.15) is 4.98 Å². The van der Waals surface area contributed by atoms with Crippen molar-refractivity contribution in [3.63, 3.8) is 0 Å². The minimum absolute atomic E-state index is 0.648. The minimum atomic E-state index is 0.648. The van der Waals surface area contributed by atoms with Crippen molar-refractivity contribution in [3.05, 3.63) is 42.0 Å². The Morgan fingerprint density at radius 2 is 1.57 bits per heavy atom. The van der Waals surface area contributed by atoms with Crippen molar-refractivity contribution >= 4 is 0 Å². The Hall–Kier alpha value is -2.07. The maximum atomic E-state index is 6.03. The van der Waals surface area contributed by atoms with Crippen LogP contribution in [0.4, 0.5) is 0 Å². The van der Waals surface area contributed by atoms with Crippen LogP contribution in [0.1, 0.15) is 63.9 Å². The van der Waals surface area contributed by atoms with E-state index in [1.165, 1.54) is 18.4 Å². The van der Waals surface area contributed by atoms with E-state index in [0.29, 0.717) is 30.9 Å². The summed E-state index contributed by atoms with van der Waals surface area (Å²) in [7, 11) is 0. The van der Waals surface area contributed by atoms with Crippen LogP contribution >= 0.6 is 0 Å². The van der Waals surface area contributed by atoms with E-state index >= 15 is 0 Å². The van der Waals surface area contributed by atoms with Crippen molar-refractivity contribution in [2.24, 2.45) is 0 Å². The maximum absolute atomic E-state index is 6.03. The number of nitrogens with zero attached hydrogens (tertiary/aromatic N) is 1. The van der Waals surface area contributed by atoms with E-state index < -0.39 is 0 Å². The zero-order valence-corrected chi connectivity index (χ0v) is 17.4. The topological polar surface area (TPSA) is 43.4 Å². The third kappa shape index (κ3) is 5.71. The second-order valence-electron chi connectivity index (χ2n) is 7.55. The maximum Gasteiger partial charge on any atom is 0.224 e. The number of benzene rings is 1. The number of hydrogen-bond donors (Lipinski definition) is 1. The minimum Gasteiger partial charge on any atom is -0.478 e. The molecule has 1 aliphatic heterocycles. The predicted octanol–water partition coefficient (Wildman–Crippen LogP) is 5.57. The Bertz CT molecular complexity index is 709. The van der Waals surface area contributed by atoms with Crippen LogP contribution in [0, 0.1) is 0 Å². The fourth-order valence-electron chi connectivity index (χ4n) is 3.56. The molecule has 1 saturated heterocycles. The van der Waals surface area contributed by atoms with Crippen LogP contribution < -0.4 is 14.8 Å².